The second-order valence-electron chi connectivity index (χ2n) is 5.83. The van der Waals surface area contributed by atoms with Crippen molar-refractivity contribution in [2.24, 2.45) is 0 Å². The Morgan fingerprint density at radius 1 is 1.46 bits per heavy atom. The third-order valence-corrected chi connectivity index (χ3v) is 4.03. The molecule has 3 rings (SSSR count). The first kappa shape index (κ1) is 16.8. The van der Waals surface area contributed by atoms with Gasteiger partial charge in [0, 0.05) is 31.2 Å². The van der Waals surface area contributed by atoms with Gasteiger partial charge < -0.3 is 14.6 Å². The lowest BCUT2D eigenvalue weighted by Gasteiger charge is -2.23. The molecule has 2 aromatic heterocycles. The van der Waals surface area contributed by atoms with Gasteiger partial charge in [-0.1, -0.05) is 0 Å². The molecule has 1 saturated heterocycles. The third kappa shape index (κ3) is 3.69. The van der Waals surface area contributed by atoms with Crippen molar-refractivity contribution >= 4 is 16.9 Å². The first-order valence-corrected chi connectivity index (χ1v) is 7.84. The van der Waals surface area contributed by atoms with Gasteiger partial charge in [-0.15, -0.1) is 0 Å². The average molecular weight is 341 g/mol. The van der Waals surface area contributed by atoms with Crippen molar-refractivity contribution in [2.45, 2.75) is 38.0 Å². The molecule has 0 radical (unpaired) electrons. The quantitative estimate of drug-likeness (QED) is 0.930. The van der Waals surface area contributed by atoms with Gasteiger partial charge in [0.05, 0.1) is 12.6 Å². The Morgan fingerprint density at radius 2 is 2.29 bits per heavy atom. The van der Waals surface area contributed by atoms with E-state index < -0.39 is 11.9 Å². The van der Waals surface area contributed by atoms with E-state index in [2.05, 4.69) is 10.3 Å². The Bertz CT molecular complexity index is 721. The van der Waals surface area contributed by atoms with Crippen molar-refractivity contribution in [2.75, 3.05) is 13.2 Å². The van der Waals surface area contributed by atoms with E-state index in [9.17, 15) is 18.0 Å². The molecular formula is C16H18F3N3O2. The number of amides is 1. The summed E-state index contributed by atoms with van der Waals surface area (Å²) in [6, 6.07) is 4.17. The molecule has 1 atom stereocenters. The maximum Gasteiger partial charge on any atom is 0.431 e. The highest BCUT2D eigenvalue weighted by molar-refractivity contribution is 5.79. The molecule has 0 saturated carbocycles. The van der Waals surface area contributed by atoms with E-state index in [-0.39, 0.29) is 30.6 Å². The largest absolute Gasteiger partial charge is 0.431 e. The van der Waals surface area contributed by atoms with E-state index in [1.807, 2.05) is 0 Å². The number of hydrogen-bond donors (Lipinski definition) is 1. The number of aryl methyl sites for hydroxylation is 1. The number of aromatic nitrogens is 2. The predicted octanol–water partition coefficient (Wildman–Crippen LogP) is 2.74. The van der Waals surface area contributed by atoms with Gasteiger partial charge in [0.2, 0.25) is 5.91 Å². The van der Waals surface area contributed by atoms with Crippen LogP contribution < -0.4 is 5.32 Å². The average Bonchev–Trinajstić information content (AvgIpc) is 2.93. The molecule has 8 heteroatoms. The fraction of sp³-hybridized carbons (Fsp3) is 0.500. The second-order valence-corrected chi connectivity index (χ2v) is 5.83. The molecule has 130 valence electrons. The number of hydrogen-bond acceptors (Lipinski definition) is 3. The van der Waals surface area contributed by atoms with Gasteiger partial charge in [0.15, 0.2) is 0 Å². The van der Waals surface area contributed by atoms with Gasteiger partial charge >= 0.3 is 6.18 Å². The molecule has 0 spiro atoms. The minimum atomic E-state index is -4.49. The SMILES string of the molecule is O=C(CCn1c(C(F)(F)F)cc2cccnc21)NC1CCCOC1. The number of nitrogens with one attached hydrogen (secondary N) is 1. The fourth-order valence-corrected chi connectivity index (χ4v) is 2.92. The molecule has 2 aromatic rings. The van der Waals surface area contributed by atoms with E-state index in [1.54, 1.807) is 12.1 Å². The van der Waals surface area contributed by atoms with Crippen LogP contribution in [0, 0.1) is 0 Å². The van der Waals surface area contributed by atoms with Crippen LogP contribution in [0.4, 0.5) is 13.2 Å². The lowest BCUT2D eigenvalue weighted by atomic mass is 10.1. The Labute approximate surface area is 136 Å². The molecule has 5 nitrogen and oxygen atoms in total. The number of nitrogens with zero attached hydrogens (tertiary/aromatic N) is 2. The summed E-state index contributed by atoms with van der Waals surface area (Å²) >= 11 is 0. The fourth-order valence-electron chi connectivity index (χ4n) is 2.92. The molecule has 1 amide bonds. The standard InChI is InChI=1S/C16H18F3N3O2/c17-16(18,19)13-9-11-3-1-6-20-15(11)22(13)7-5-14(23)21-12-4-2-8-24-10-12/h1,3,6,9,12H,2,4-5,7-8,10H2,(H,21,23). The van der Waals surface area contributed by atoms with E-state index in [4.69, 9.17) is 4.74 Å². The zero-order chi connectivity index (χ0) is 17.2. The molecule has 1 aliphatic rings. The summed E-state index contributed by atoms with van der Waals surface area (Å²) in [5.74, 6) is -0.281. The highest BCUT2D eigenvalue weighted by atomic mass is 19.4. The lowest BCUT2D eigenvalue weighted by Crippen LogP contribution is -2.40. The number of carbonyl (C=O) groups excluding carboxylic acids is 1. The van der Waals surface area contributed by atoms with Gasteiger partial charge in [-0.2, -0.15) is 13.2 Å². The normalized spacial score (nSPS) is 18.7. The van der Waals surface area contributed by atoms with Gasteiger partial charge in [-0.3, -0.25) is 4.79 Å². The Balaban J connectivity index is 1.73. The first-order chi connectivity index (χ1) is 11.4. The summed E-state index contributed by atoms with van der Waals surface area (Å²) in [4.78, 5) is 16.0. The van der Waals surface area contributed by atoms with Crippen LogP contribution in [0.2, 0.25) is 0 Å². The molecule has 0 aromatic carbocycles. The van der Waals surface area contributed by atoms with Crippen LogP contribution in [0.5, 0.6) is 0 Å². The van der Waals surface area contributed by atoms with Crippen molar-refractivity contribution in [1.82, 2.24) is 14.9 Å². The number of ether oxygens (including phenoxy) is 1. The van der Waals surface area contributed by atoms with E-state index in [0.717, 1.165) is 23.5 Å². The van der Waals surface area contributed by atoms with Crippen molar-refractivity contribution in [1.29, 1.82) is 0 Å². The number of rotatable bonds is 4. The van der Waals surface area contributed by atoms with Crippen LogP contribution in [-0.2, 0) is 22.3 Å². The zero-order valence-corrected chi connectivity index (χ0v) is 13.0. The summed E-state index contributed by atoms with van der Waals surface area (Å²) in [6.07, 6.45) is -1.39. The van der Waals surface area contributed by atoms with Crippen molar-refractivity contribution in [3.05, 3.63) is 30.1 Å². The molecule has 0 bridgehead atoms. The Kier molecular flexibility index (Phi) is 4.75. The third-order valence-electron chi connectivity index (χ3n) is 4.03. The van der Waals surface area contributed by atoms with Crippen LogP contribution in [0.25, 0.3) is 11.0 Å². The maximum atomic E-state index is 13.2. The lowest BCUT2D eigenvalue weighted by molar-refractivity contribution is -0.143. The van der Waals surface area contributed by atoms with Crippen LogP contribution in [-0.4, -0.2) is 34.7 Å². The van der Waals surface area contributed by atoms with Crippen molar-refractivity contribution in [3.8, 4) is 0 Å². The highest BCUT2D eigenvalue weighted by Crippen LogP contribution is 2.33. The van der Waals surface area contributed by atoms with Crippen LogP contribution in [0.3, 0.4) is 0 Å². The predicted molar refractivity (Wildman–Crippen MR) is 81.3 cm³/mol. The van der Waals surface area contributed by atoms with E-state index >= 15 is 0 Å². The monoisotopic (exact) mass is 341 g/mol. The number of halogens is 3. The maximum absolute atomic E-state index is 13.2. The molecule has 3 heterocycles. The Hall–Kier alpha value is -2.09. The first-order valence-electron chi connectivity index (χ1n) is 7.84. The number of fused-ring (bicyclic) bond motifs is 1. The van der Waals surface area contributed by atoms with Crippen LogP contribution in [0.1, 0.15) is 25.0 Å². The van der Waals surface area contributed by atoms with Crippen LogP contribution >= 0.6 is 0 Å². The summed E-state index contributed by atoms with van der Waals surface area (Å²) in [7, 11) is 0. The molecule has 24 heavy (non-hydrogen) atoms. The number of carbonyl (C=O) groups is 1. The second kappa shape index (κ2) is 6.80. The smallest absolute Gasteiger partial charge is 0.379 e. The molecule has 1 unspecified atom stereocenters. The number of pyridine rings is 1. The minimum Gasteiger partial charge on any atom is -0.379 e. The molecule has 1 fully saturated rings. The van der Waals surface area contributed by atoms with Crippen molar-refractivity contribution in [3.63, 3.8) is 0 Å². The van der Waals surface area contributed by atoms with E-state index in [0.29, 0.717) is 18.6 Å². The topological polar surface area (TPSA) is 56.2 Å². The molecule has 1 N–H and O–H groups in total. The van der Waals surface area contributed by atoms with Crippen molar-refractivity contribution < 1.29 is 22.7 Å². The highest BCUT2D eigenvalue weighted by Gasteiger charge is 2.35. The van der Waals surface area contributed by atoms with Crippen LogP contribution in [0.15, 0.2) is 24.4 Å². The van der Waals surface area contributed by atoms with E-state index in [1.165, 1.54) is 6.20 Å². The summed E-state index contributed by atoms with van der Waals surface area (Å²) in [6.45, 7) is 1.06. The Morgan fingerprint density at radius 3 is 3.00 bits per heavy atom. The molecule has 0 aliphatic carbocycles. The van der Waals surface area contributed by atoms with Gasteiger partial charge in [-0.05, 0) is 31.0 Å². The summed E-state index contributed by atoms with van der Waals surface area (Å²) in [5.41, 5.74) is -0.552. The molecule has 1 aliphatic heterocycles. The summed E-state index contributed by atoms with van der Waals surface area (Å²) in [5, 5.41) is 3.22. The minimum absolute atomic E-state index is 0.0417. The van der Waals surface area contributed by atoms with Gasteiger partial charge in [-0.25, -0.2) is 4.98 Å². The van der Waals surface area contributed by atoms with Gasteiger partial charge in [0.25, 0.3) is 0 Å². The number of alkyl halides is 3. The molecular weight excluding hydrogens is 323 g/mol. The van der Waals surface area contributed by atoms with Gasteiger partial charge in [0.1, 0.15) is 11.3 Å². The summed E-state index contributed by atoms with van der Waals surface area (Å²) < 4.78 is 46.0. The zero-order valence-electron chi connectivity index (χ0n) is 13.0.